The molecule has 35 heavy (non-hydrogen) atoms. The number of ketones is 1. The van der Waals surface area contributed by atoms with Gasteiger partial charge in [0.1, 0.15) is 17.2 Å². The number of nitrogens with zero attached hydrogens (tertiary/aromatic N) is 1. The molecule has 0 saturated carbocycles. The highest BCUT2D eigenvalue weighted by atomic mass is 16.5. The highest BCUT2D eigenvalue weighted by Gasteiger charge is 2.22. The van der Waals surface area contributed by atoms with Gasteiger partial charge in [-0.3, -0.25) is 9.78 Å². The lowest BCUT2D eigenvalue weighted by Gasteiger charge is -2.16. The highest BCUT2D eigenvalue weighted by Crippen LogP contribution is 2.36. The molecule has 6 heteroatoms. The third kappa shape index (κ3) is 5.06. The summed E-state index contributed by atoms with van der Waals surface area (Å²) in [4.78, 5) is 29.2. The molecule has 0 radical (unpaired) electrons. The minimum absolute atomic E-state index is 0.0603. The predicted molar refractivity (Wildman–Crippen MR) is 135 cm³/mol. The van der Waals surface area contributed by atoms with Crippen molar-refractivity contribution in [3.05, 3.63) is 101 Å². The van der Waals surface area contributed by atoms with E-state index in [0.717, 1.165) is 5.56 Å². The van der Waals surface area contributed by atoms with Gasteiger partial charge in [0.05, 0.1) is 11.1 Å². The van der Waals surface area contributed by atoms with Crippen LogP contribution < -0.4 is 4.74 Å². The van der Waals surface area contributed by atoms with Crippen molar-refractivity contribution in [1.29, 1.82) is 0 Å². The second-order valence-electron chi connectivity index (χ2n) is 8.58. The van der Waals surface area contributed by atoms with Crippen molar-refractivity contribution in [1.82, 2.24) is 4.98 Å². The zero-order valence-electron chi connectivity index (χ0n) is 19.6. The van der Waals surface area contributed by atoms with E-state index >= 15 is 0 Å². The van der Waals surface area contributed by atoms with Gasteiger partial charge >= 0.3 is 5.97 Å². The second-order valence-corrected chi connectivity index (χ2v) is 8.58. The minimum atomic E-state index is -0.985. The topological polar surface area (TPSA) is 96.7 Å². The van der Waals surface area contributed by atoms with Crippen LogP contribution in [0.4, 0.5) is 0 Å². The van der Waals surface area contributed by atoms with Crippen LogP contribution in [-0.4, -0.2) is 26.9 Å². The fourth-order valence-corrected chi connectivity index (χ4v) is 3.84. The molecule has 0 saturated heterocycles. The SMILES string of the molecule is C/C(=C\c1ccc(Oc2c(C(=O)c3ccccc3C(C)C)cnc3cc(O)ccc23)cc1)C(=O)O. The predicted octanol–water partition coefficient (Wildman–Crippen LogP) is 6.58. The number of ether oxygens (including phenoxy) is 1. The molecule has 0 aliphatic rings. The van der Waals surface area contributed by atoms with Crippen LogP contribution in [0.25, 0.3) is 17.0 Å². The van der Waals surface area contributed by atoms with Crippen LogP contribution >= 0.6 is 0 Å². The van der Waals surface area contributed by atoms with E-state index in [0.29, 0.717) is 39.1 Å². The van der Waals surface area contributed by atoms with Crippen molar-refractivity contribution in [3.8, 4) is 17.2 Å². The number of phenols is 1. The Bertz CT molecular complexity index is 1450. The van der Waals surface area contributed by atoms with Crippen molar-refractivity contribution >= 4 is 28.7 Å². The lowest BCUT2D eigenvalue weighted by Crippen LogP contribution is -2.09. The maximum absolute atomic E-state index is 13.7. The van der Waals surface area contributed by atoms with Crippen molar-refractivity contribution < 1.29 is 24.5 Å². The number of carboxylic acid groups (broad SMARTS) is 1. The monoisotopic (exact) mass is 467 g/mol. The second kappa shape index (κ2) is 9.81. The molecule has 0 amide bonds. The Kier molecular flexibility index (Phi) is 6.64. The molecule has 1 aromatic heterocycles. The number of hydrogen-bond acceptors (Lipinski definition) is 5. The average Bonchev–Trinajstić information content (AvgIpc) is 2.84. The largest absolute Gasteiger partial charge is 0.508 e. The number of benzene rings is 3. The molecule has 0 atom stereocenters. The number of pyridine rings is 1. The number of carbonyl (C=O) groups is 2. The number of phenolic OH excluding ortho intramolecular Hbond substituents is 1. The maximum Gasteiger partial charge on any atom is 0.331 e. The van der Waals surface area contributed by atoms with Crippen LogP contribution in [0.5, 0.6) is 17.2 Å². The third-order valence-corrected chi connectivity index (χ3v) is 5.70. The van der Waals surface area contributed by atoms with Gasteiger partial charge < -0.3 is 14.9 Å². The van der Waals surface area contributed by atoms with Gasteiger partial charge in [-0.05, 0) is 54.3 Å². The van der Waals surface area contributed by atoms with Crippen molar-refractivity contribution in [2.24, 2.45) is 0 Å². The number of carbonyl (C=O) groups excluding carboxylic acids is 1. The van der Waals surface area contributed by atoms with E-state index < -0.39 is 5.97 Å². The molecule has 4 aromatic rings. The van der Waals surface area contributed by atoms with E-state index in [1.807, 2.05) is 32.0 Å². The first-order valence-electron chi connectivity index (χ1n) is 11.2. The van der Waals surface area contributed by atoms with Gasteiger partial charge in [0.2, 0.25) is 0 Å². The van der Waals surface area contributed by atoms with Crippen molar-refractivity contribution in [3.63, 3.8) is 0 Å². The molecule has 6 nitrogen and oxygen atoms in total. The number of aliphatic carboxylic acids is 1. The molecule has 0 unspecified atom stereocenters. The van der Waals surface area contributed by atoms with Crippen LogP contribution in [0.3, 0.4) is 0 Å². The summed E-state index contributed by atoms with van der Waals surface area (Å²) in [6.45, 7) is 5.60. The van der Waals surface area contributed by atoms with Gasteiger partial charge in [-0.25, -0.2) is 4.79 Å². The number of rotatable bonds is 7. The van der Waals surface area contributed by atoms with Gasteiger partial charge in [-0.15, -0.1) is 0 Å². The third-order valence-electron chi connectivity index (χ3n) is 5.70. The van der Waals surface area contributed by atoms with Gasteiger partial charge in [-0.1, -0.05) is 50.2 Å². The van der Waals surface area contributed by atoms with Crippen LogP contribution in [0.15, 0.2) is 78.5 Å². The Hall–Kier alpha value is -4.45. The molecule has 0 fully saturated rings. The van der Waals surface area contributed by atoms with Crippen LogP contribution in [0, 0.1) is 0 Å². The molecule has 0 aliphatic carbocycles. The summed E-state index contributed by atoms with van der Waals surface area (Å²) in [5.41, 5.74) is 3.24. The fourth-order valence-electron chi connectivity index (χ4n) is 3.84. The molecule has 176 valence electrons. The minimum Gasteiger partial charge on any atom is -0.508 e. The highest BCUT2D eigenvalue weighted by molar-refractivity contribution is 6.14. The summed E-state index contributed by atoms with van der Waals surface area (Å²) in [5, 5.41) is 19.6. The zero-order chi connectivity index (χ0) is 25.1. The molecule has 2 N–H and O–H groups in total. The fraction of sp³-hybridized carbons (Fsp3) is 0.138. The zero-order valence-corrected chi connectivity index (χ0v) is 19.6. The Morgan fingerprint density at radius 2 is 1.69 bits per heavy atom. The summed E-state index contributed by atoms with van der Waals surface area (Å²) in [7, 11) is 0. The van der Waals surface area contributed by atoms with Crippen LogP contribution in [-0.2, 0) is 4.79 Å². The number of hydrogen-bond donors (Lipinski definition) is 2. The molecular formula is C29H25NO5. The molecular weight excluding hydrogens is 442 g/mol. The van der Waals surface area contributed by atoms with E-state index in [9.17, 15) is 14.7 Å². The first kappa shape index (κ1) is 23.7. The van der Waals surface area contributed by atoms with Gasteiger partial charge in [0.25, 0.3) is 0 Å². The standard InChI is InChI=1S/C29H25NO5/c1-17(2)22-6-4-5-7-23(22)27(32)25-16-30-26-15-20(31)10-13-24(26)28(25)35-21-11-8-19(9-12-21)14-18(3)29(33)34/h4-17,31H,1-3H3,(H,33,34)/b18-14+. The molecule has 0 aliphatic heterocycles. The van der Waals surface area contributed by atoms with E-state index in [2.05, 4.69) is 4.98 Å². The Morgan fingerprint density at radius 3 is 2.37 bits per heavy atom. The van der Waals surface area contributed by atoms with Crippen LogP contribution in [0.2, 0.25) is 0 Å². The number of carboxylic acids is 1. The average molecular weight is 468 g/mol. The first-order chi connectivity index (χ1) is 16.7. The Labute approximate surface area is 203 Å². The molecule has 0 spiro atoms. The summed E-state index contributed by atoms with van der Waals surface area (Å²) in [5.74, 6) is -0.166. The summed E-state index contributed by atoms with van der Waals surface area (Å²) in [6.07, 6.45) is 3.04. The quantitative estimate of drug-likeness (QED) is 0.236. The summed E-state index contributed by atoms with van der Waals surface area (Å²) >= 11 is 0. The van der Waals surface area contributed by atoms with Crippen LogP contribution in [0.1, 0.15) is 53.7 Å². The van der Waals surface area contributed by atoms with E-state index in [4.69, 9.17) is 9.84 Å². The molecule has 3 aromatic carbocycles. The van der Waals surface area contributed by atoms with Gasteiger partial charge in [0.15, 0.2) is 5.78 Å². The van der Waals surface area contributed by atoms with E-state index in [1.165, 1.54) is 25.3 Å². The number of aromatic nitrogens is 1. The number of fused-ring (bicyclic) bond motifs is 1. The van der Waals surface area contributed by atoms with Crippen molar-refractivity contribution in [2.75, 3.05) is 0 Å². The first-order valence-corrected chi connectivity index (χ1v) is 11.2. The molecule has 0 bridgehead atoms. The lowest BCUT2D eigenvalue weighted by atomic mass is 9.92. The summed E-state index contributed by atoms with van der Waals surface area (Å²) < 4.78 is 6.23. The Balaban J connectivity index is 1.81. The molecule has 4 rings (SSSR count). The normalized spacial score (nSPS) is 11.6. The smallest absolute Gasteiger partial charge is 0.331 e. The Morgan fingerprint density at radius 1 is 0.971 bits per heavy atom. The molecule has 1 heterocycles. The van der Waals surface area contributed by atoms with Gasteiger partial charge in [-0.2, -0.15) is 0 Å². The maximum atomic E-state index is 13.7. The van der Waals surface area contributed by atoms with Crippen molar-refractivity contribution in [2.45, 2.75) is 26.7 Å². The summed E-state index contributed by atoms with van der Waals surface area (Å²) in [6, 6.07) is 19.1. The number of aromatic hydroxyl groups is 1. The van der Waals surface area contributed by atoms with Gasteiger partial charge in [0, 0.05) is 28.8 Å². The van der Waals surface area contributed by atoms with E-state index in [1.54, 1.807) is 42.5 Å². The van der Waals surface area contributed by atoms with E-state index in [-0.39, 0.29) is 23.0 Å². The lowest BCUT2D eigenvalue weighted by molar-refractivity contribution is -0.132.